The predicted molar refractivity (Wildman–Crippen MR) is 82.5 cm³/mol. The van der Waals surface area contributed by atoms with Gasteiger partial charge in [0.15, 0.2) is 5.69 Å². The molecule has 0 saturated heterocycles. The third-order valence-corrected chi connectivity index (χ3v) is 3.13. The molecule has 1 aromatic carbocycles. The van der Waals surface area contributed by atoms with Gasteiger partial charge in [0.05, 0.1) is 12.7 Å². The van der Waals surface area contributed by atoms with E-state index in [-0.39, 0.29) is 24.0 Å². The number of halogens is 6. The van der Waals surface area contributed by atoms with Gasteiger partial charge in [0.1, 0.15) is 11.6 Å². The van der Waals surface area contributed by atoms with Crippen LogP contribution in [0.2, 0.25) is 0 Å². The van der Waals surface area contributed by atoms with Crippen LogP contribution in [0.5, 0.6) is 5.75 Å². The Balaban J connectivity index is 2.43. The summed E-state index contributed by atoms with van der Waals surface area (Å²) in [7, 11) is 1.08. The first-order valence-electron chi connectivity index (χ1n) is 7.27. The lowest BCUT2D eigenvalue weighted by Crippen LogP contribution is -2.13. The van der Waals surface area contributed by atoms with E-state index in [1.165, 1.54) is 6.07 Å². The number of rotatable bonds is 5. The van der Waals surface area contributed by atoms with Crippen LogP contribution in [0, 0.1) is 0 Å². The molecule has 26 heavy (non-hydrogen) atoms. The highest BCUT2D eigenvalue weighted by Gasteiger charge is 2.35. The van der Waals surface area contributed by atoms with Crippen LogP contribution in [-0.2, 0) is 12.4 Å². The van der Waals surface area contributed by atoms with Gasteiger partial charge >= 0.3 is 12.4 Å². The SMILES string of the molecule is CCNc1nc(Nc2ccc(OC)c(C(F)(F)F)c2)cc(C(F)(F)F)n1. The van der Waals surface area contributed by atoms with E-state index in [2.05, 4.69) is 25.3 Å². The molecule has 0 saturated carbocycles. The van der Waals surface area contributed by atoms with E-state index in [1.54, 1.807) is 6.92 Å². The van der Waals surface area contributed by atoms with Gasteiger partial charge in [0, 0.05) is 18.3 Å². The Morgan fingerprint density at radius 2 is 1.69 bits per heavy atom. The average Bonchev–Trinajstić information content (AvgIpc) is 2.53. The Morgan fingerprint density at radius 3 is 2.23 bits per heavy atom. The van der Waals surface area contributed by atoms with Gasteiger partial charge in [-0.1, -0.05) is 0 Å². The van der Waals surface area contributed by atoms with Crippen LogP contribution in [0.15, 0.2) is 24.3 Å². The summed E-state index contributed by atoms with van der Waals surface area (Å²) in [4.78, 5) is 7.15. The Hall–Kier alpha value is -2.72. The van der Waals surface area contributed by atoms with Gasteiger partial charge in [-0.15, -0.1) is 0 Å². The van der Waals surface area contributed by atoms with Crippen LogP contribution in [0.4, 0.5) is 43.8 Å². The molecule has 1 heterocycles. The van der Waals surface area contributed by atoms with E-state index < -0.39 is 29.4 Å². The number of nitrogens with one attached hydrogen (secondary N) is 2. The fourth-order valence-electron chi connectivity index (χ4n) is 2.05. The molecule has 11 heteroatoms. The summed E-state index contributed by atoms with van der Waals surface area (Å²) in [5, 5.41) is 4.97. The van der Waals surface area contributed by atoms with Gasteiger partial charge in [0.25, 0.3) is 0 Å². The maximum atomic E-state index is 13.0. The first-order valence-corrected chi connectivity index (χ1v) is 7.27. The minimum atomic E-state index is -4.74. The predicted octanol–water partition coefficient (Wildman–Crippen LogP) is 4.70. The summed E-state index contributed by atoms with van der Waals surface area (Å²) in [6.45, 7) is 1.90. The van der Waals surface area contributed by atoms with E-state index in [0.29, 0.717) is 6.07 Å². The third-order valence-electron chi connectivity index (χ3n) is 3.13. The molecule has 0 unspecified atom stereocenters. The van der Waals surface area contributed by atoms with Crippen LogP contribution in [-0.4, -0.2) is 23.6 Å². The molecule has 2 N–H and O–H groups in total. The number of methoxy groups -OCH3 is 1. The number of nitrogens with zero attached hydrogens (tertiary/aromatic N) is 2. The van der Waals surface area contributed by atoms with Crippen LogP contribution >= 0.6 is 0 Å². The summed E-state index contributed by atoms with van der Waals surface area (Å²) in [6, 6.07) is 3.62. The van der Waals surface area contributed by atoms with Crippen molar-refractivity contribution in [2.75, 3.05) is 24.3 Å². The zero-order chi connectivity index (χ0) is 19.5. The summed E-state index contributed by atoms with van der Waals surface area (Å²) in [5.74, 6) is -1.01. The van der Waals surface area contributed by atoms with Gasteiger partial charge in [-0.25, -0.2) is 4.98 Å². The van der Waals surface area contributed by atoms with Crippen molar-refractivity contribution in [3.8, 4) is 5.75 Å². The van der Waals surface area contributed by atoms with E-state index in [0.717, 1.165) is 19.2 Å². The standard InChI is InChI=1S/C15H14F6N4O/c1-3-22-13-24-11(15(19,20)21)7-12(25-13)23-8-4-5-10(26-2)9(6-8)14(16,17)18/h4-7H,3H2,1-2H3,(H2,22,23,24,25). The highest BCUT2D eigenvalue weighted by Crippen LogP contribution is 2.38. The molecule has 142 valence electrons. The number of anilines is 3. The number of ether oxygens (including phenoxy) is 1. The fourth-order valence-corrected chi connectivity index (χ4v) is 2.05. The molecule has 0 atom stereocenters. The van der Waals surface area contributed by atoms with Crippen molar-refractivity contribution in [2.45, 2.75) is 19.3 Å². The molecule has 0 spiro atoms. The molecule has 0 aliphatic heterocycles. The zero-order valence-corrected chi connectivity index (χ0v) is 13.6. The second-order valence-corrected chi connectivity index (χ2v) is 5.03. The monoisotopic (exact) mass is 380 g/mol. The molecule has 0 aliphatic rings. The molecule has 1 aromatic heterocycles. The first-order chi connectivity index (χ1) is 12.0. The molecular weight excluding hydrogens is 366 g/mol. The van der Waals surface area contributed by atoms with Crippen LogP contribution in [0.25, 0.3) is 0 Å². The van der Waals surface area contributed by atoms with Crippen molar-refractivity contribution in [3.63, 3.8) is 0 Å². The summed E-state index contributed by atoms with van der Waals surface area (Å²) < 4.78 is 82.6. The summed E-state index contributed by atoms with van der Waals surface area (Å²) in [5.41, 5.74) is -2.40. The van der Waals surface area contributed by atoms with Crippen molar-refractivity contribution in [1.82, 2.24) is 9.97 Å². The van der Waals surface area contributed by atoms with Crippen LogP contribution < -0.4 is 15.4 Å². The van der Waals surface area contributed by atoms with Crippen molar-refractivity contribution in [3.05, 3.63) is 35.5 Å². The number of aromatic nitrogens is 2. The summed E-state index contributed by atoms with van der Waals surface area (Å²) >= 11 is 0. The molecular formula is C15H14F6N4O. The minimum Gasteiger partial charge on any atom is -0.496 e. The van der Waals surface area contributed by atoms with Crippen molar-refractivity contribution < 1.29 is 31.1 Å². The lowest BCUT2D eigenvalue weighted by atomic mass is 10.1. The Bertz CT molecular complexity index is 776. The molecule has 0 amide bonds. The molecule has 0 fully saturated rings. The highest BCUT2D eigenvalue weighted by atomic mass is 19.4. The third kappa shape index (κ3) is 4.67. The maximum Gasteiger partial charge on any atom is 0.433 e. The van der Waals surface area contributed by atoms with E-state index in [1.807, 2.05) is 0 Å². The molecule has 5 nitrogen and oxygen atoms in total. The van der Waals surface area contributed by atoms with Crippen LogP contribution in [0.3, 0.4) is 0 Å². The van der Waals surface area contributed by atoms with Crippen LogP contribution in [0.1, 0.15) is 18.2 Å². The average molecular weight is 380 g/mol. The molecule has 0 aliphatic carbocycles. The molecule has 2 aromatic rings. The minimum absolute atomic E-state index is 0.104. The first kappa shape index (κ1) is 19.6. The van der Waals surface area contributed by atoms with Crippen molar-refractivity contribution in [1.29, 1.82) is 0 Å². The van der Waals surface area contributed by atoms with Gasteiger partial charge < -0.3 is 15.4 Å². The Morgan fingerprint density at radius 1 is 1.00 bits per heavy atom. The highest BCUT2D eigenvalue weighted by molar-refractivity contribution is 5.61. The maximum absolute atomic E-state index is 13.0. The van der Waals surface area contributed by atoms with Gasteiger partial charge in [-0.05, 0) is 25.1 Å². The molecule has 2 rings (SSSR count). The zero-order valence-electron chi connectivity index (χ0n) is 13.6. The topological polar surface area (TPSA) is 59.1 Å². The molecule has 0 bridgehead atoms. The smallest absolute Gasteiger partial charge is 0.433 e. The quantitative estimate of drug-likeness (QED) is 0.737. The Kier molecular flexibility index (Phi) is 5.47. The van der Waals surface area contributed by atoms with Crippen molar-refractivity contribution >= 4 is 17.5 Å². The van der Waals surface area contributed by atoms with Gasteiger partial charge in [0.2, 0.25) is 5.95 Å². The number of hydrogen-bond acceptors (Lipinski definition) is 5. The summed E-state index contributed by atoms with van der Waals surface area (Å²) in [6.07, 6.45) is -9.43. The Labute approximate surface area is 144 Å². The van der Waals surface area contributed by atoms with Gasteiger partial charge in [-0.2, -0.15) is 31.3 Å². The lowest BCUT2D eigenvalue weighted by Gasteiger charge is -2.15. The molecule has 0 radical (unpaired) electrons. The second-order valence-electron chi connectivity index (χ2n) is 5.03. The number of hydrogen-bond donors (Lipinski definition) is 2. The van der Waals surface area contributed by atoms with E-state index >= 15 is 0 Å². The second kappa shape index (κ2) is 7.26. The number of benzene rings is 1. The number of alkyl halides is 6. The van der Waals surface area contributed by atoms with E-state index in [9.17, 15) is 26.3 Å². The largest absolute Gasteiger partial charge is 0.496 e. The van der Waals surface area contributed by atoms with E-state index in [4.69, 9.17) is 0 Å². The lowest BCUT2D eigenvalue weighted by molar-refractivity contribution is -0.141. The fraction of sp³-hybridized carbons (Fsp3) is 0.333. The van der Waals surface area contributed by atoms with Gasteiger partial charge in [-0.3, -0.25) is 0 Å². The van der Waals surface area contributed by atoms with Crippen molar-refractivity contribution in [2.24, 2.45) is 0 Å². The normalized spacial score (nSPS) is 12.0.